The molecule has 2 aromatic rings. The number of hydrogen-bond acceptors (Lipinski definition) is 5. The fourth-order valence-electron chi connectivity index (χ4n) is 2.88. The summed E-state index contributed by atoms with van der Waals surface area (Å²) in [5, 5.41) is 2.96. The maximum absolute atomic E-state index is 14.1. The van der Waals surface area contributed by atoms with E-state index in [1.54, 1.807) is 30.6 Å². The molecule has 0 spiro atoms. The van der Waals surface area contributed by atoms with E-state index in [9.17, 15) is 9.18 Å². The molecule has 2 heterocycles. The van der Waals surface area contributed by atoms with Gasteiger partial charge in [0, 0.05) is 36.4 Å². The van der Waals surface area contributed by atoms with E-state index in [4.69, 9.17) is 0 Å². The van der Waals surface area contributed by atoms with Gasteiger partial charge in [-0.2, -0.15) is 0 Å². The van der Waals surface area contributed by atoms with Gasteiger partial charge in [0.25, 0.3) is 5.91 Å². The van der Waals surface area contributed by atoms with Crippen LogP contribution < -0.4 is 10.2 Å². The quantitative estimate of drug-likeness (QED) is 0.863. The standard InChI is InChI=1S/C17H19FN4OS/c1-24-14-7-2-6-13(18)15(14)16(23)21-12-5-3-10-22(11-12)17-19-8-4-9-20-17/h2,4,6-9,12H,3,5,10-11H2,1H3,(H,21,23)/t12-/m1/s1. The van der Waals surface area contributed by atoms with Gasteiger partial charge in [-0.25, -0.2) is 14.4 Å². The van der Waals surface area contributed by atoms with E-state index in [1.165, 1.54) is 17.8 Å². The van der Waals surface area contributed by atoms with Crippen LogP contribution in [0.1, 0.15) is 23.2 Å². The molecule has 1 saturated heterocycles. The second-order valence-corrected chi connectivity index (χ2v) is 6.47. The number of rotatable bonds is 4. The van der Waals surface area contributed by atoms with Crippen molar-refractivity contribution in [1.29, 1.82) is 0 Å². The Morgan fingerprint density at radius 1 is 1.33 bits per heavy atom. The van der Waals surface area contributed by atoms with Gasteiger partial charge in [-0.05, 0) is 37.3 Å². The molecule has 0 radical (unpaired) electrons. The molecule has 1 amide bonds. The van der Waals surface area contributed by atoms with E-state index < -0.39 is 5.82 Å². The summed E-state index contributed by atoms with van der Waals surface area (Å²) < 4.78 is 14.1. The van der Waals surface area contributed by atoms with Crippen LogP contribution in [0.4, 0.5) is 10.3 Å². The maximum Gasteiger partial charge on any atom is 0.255 e. The minimum absolute atomic E-state index is 0.0515. The highest BCUT2D eigenvalue weighted by molar-refractivity contribution is 7.98. The molecule has 0 bridgehead atoms. The third kappa shape index (κ3) is 3.67. The minimum Gasteiger partial charge on any atom is -0.347 e. The van der Waals surface area contributed by atoms with Crippen molar-refractivity contribution in [2.24, 2.45) is 0 Å². The van der Waals surface area contributed by atoms with Crippen LogP contribution in [-0.4, -0.2) is 41.3 Å². The average molecular weight is 346 g/mol. The number of amides is 1. The molecule has 0 aliphatic carbocycles. The topological polar surface area (TPSA) is 58.1 Å². The molecule has 1 aliphatic rings. The zero-order chi connectivity index (χ0) is 16.9. The summed E-state index contributed by atoms with van der Waals surface area (Å²) in [5.41, 5.74) is 0.123. The van der Waals surface area contributed by atoms with Crippen molar-refractivity contribution >= 4 is 23.6 Å². The van der Waals surface area contributed by atoms with E-state index in [1.807, 2.05) is 11.2 Å². The van der Waals surface area contributed by atoms with Crippen molar-refractivity contribution in [3.8, 4) is 0 Å². The van der Waals surface area contributed by atoms with Crippen molar-refractivity contribution < 1.29 is 9.18 Å². The first-order valence-corrected chi connectivity index (χ1v) is 9.07. The first-order chi connectivity index (χ1) is 11.7. The lowest BCUT2D eigenvalue weighted by Crippen LogP contribution is -2.48. The molecule has 5 nitrogen and oxygen atoms in total. The van der Waals surface area contributed by atoms with E-state index >= 15 is 0 Å². The lowest BCUT2D eigenvalue weighted by molar-refractivity contribution is 0.0925. The van der Waals surface area contributed by atoms with Gasteiger partial charge in [-0.1, -0.05) is 6.07 Å². The molecule has 1 atom stereocenters. The van der Waals surface area contributed by atoms with Crippen molar-refractivity contribution in [2.45, 2.75) is 23.8 Å². The highest BCUT2D eigenvalue weighted by Crippen LogP contribution is 2.23. The Hall–Kier alpha value is -2.15. The lowest BCUT2D eigenvalue weighted by Gasteiger charge is -2.33. The van der Waals surface area contributed by atoms with Crippen LogP contribution in [0.2, 0.25) is 0 Å². The van der Waals surface area contributed by atoms with Crippen molar-refractivity contribution in [1.82, 2.24) is 15.3 Å². The number of halogens is 1. The molecular formula is C17H19FN4OS. The normalized spacial score (nSPS) is 17.6. The van der Waals surface area contributed by atoms with Crippen molar-refractivity contribution in [3.63, 3.8) is 0 Å². The number of benzene rings is 1. The fraction of sp³-hybridized carbons (Fsp3) is 0.353. The number of carbonyl (C=O) groups is 1. The predicted molar refractivity (Wildman–Crippen MR) is 92.9 cm³/mol. The molecule has 1 fully saturated rings. The Labute approximate surface area is 144 Å². The number of hydrogen-bond donors (Lipinski definition) is 1. The third-order valence-corrected chi connectivity index (χ3v) is 4.79. The van der Waals surface area contributed by atoms with Crippen LogP contribution in [0.25, 0.3) is 0 Å². The van der Waals surface area contributed by atoms with Gasteiger partial charge in [-0.3, -0.25) is 4.79 Å². The molecule has 1 aliphatic heterocycles. The number of piperidine rings is 1. The molecule has 1 aromatic carbocycles. The highest BCUT2D eigenvalue weighted by Gasteiger charge is 2.25. The van der Waals surface area contributed by atoms with E-state index in [0.717, 1.165) is 19.4 Å². The molecule has 3 rings (SSSR count). The van der Waals surface area contributed by atoms with E-state index in [0.29, 0.717) is 17.4 Å². The third-order valence-electron chi connectivity index (χ3n) is 4.01. The Kier molecular flexibility index (Phi) is 5.30. The molecule has 7 heteroatoms. The summed E-state index contributed by atoms with van der Waals surface area (Å²) in [7, 11) is 0. The van der Waals surface area contributed by atoms with Crippen LogP contribution in [0.3, 0.4) is 0 Å². The smallest absolute Gasteiger partial charge is 0.255 e. The Balaban J connectivity index is 1.71. The van der Waals surface area contributed by atoms with Crippen molar-refractivity contribution in [3.05, 3.63) is 48.0 Å². The summed E-state index contributed by atoms with van der Waals surface area (Å²) in [4.78, 5) is 23.7. The Bertz CT molecular complexity index is 713. The Morgan fingerprint density at radius 3 is 2.88 bits per heavy atom. The molecular weight excluding hydrogens is 327 g/mol. The van der Waals surface area contributed by atoms with Gasteiger partial charge in [0.1, 0.15) is 5.82 Å². The van der Waals surface area contributed by atoms with Gasteiger partial charge < -0.3 is 10.2 Å². The zero-order valence-electron chi connectivity index (χ0n) is 13.4. The lowest BCUT2D eigenvalue weighted by atomic mass is 10.1. The second kappa shape index (κ2) is 7.61. The summed E-state index contributed by atoms with van der Waals surface area (Å²) in [6.07, 6.45) is 7.03. The first-order valence-electron chi connectivity index (χ1n) is 7.84. The first kappa shape index (κ1) is 16.7. The fourth-order valence-corrected chi connectivity index (χ4v) is 3.49. The number of nitrogens with zero attached hydrogens (tertiary/aromatic N) is 3. The van der Waals surface area contributed by atoms with Crippen LogP contribution in [0.15, 0.2) is 41.6 Å². The monoisotopic (exact) mass is 346 g/mol. The largest absolute Gasteiger partial charge is 0.347 e. The summed E-state index contributed by atoms with van der Waals surface area (Å²) in [6, 6.07) is 6.42. The van der Waals surface area contributed by atoms with Crippen LogP contribution in [-0.2, 0) is 0 Å². The summed E-state index contributed by atoms with van der Waals surface area (Å²) >= 11 is 1.37. The zero-order valence-corrected chi connectivity index (χ0v) is 14.2. The SMILES string of the molecule is CSc1cccc(F)c1C(=O)N[C@@H]1CCCN(c2ncccn2)C1. The molecule has 0 saturated carbocycles. The van der Waals surface area contributed by atoms with Crippen LogP contribution >= 0.6 is 11.8 Å². The minimum atomic E-state index is -0.488. The van der Waals surface area contributed by atoms with Gasteiger partial charge >= 0.3 is 0 Å². The number of anilines is 1. The average Bonchev–Trinajstić information content (AvgIpc) is 2.62. The molecule has 0 unspecified atom stereocenters. The number of carbonyl (C=O) groups excluding carboxylic acids is 1. The van der Waals surface area contributed by atoms with Crippen LogP contribution in [0, 0.1) is 5.82 Å². The van der Waals surface area contributed by atoms with Crippen LogP contribution in [0.5, 0.6) is 0 Å². The molecule has 24 heavy (non-hydrogen) atoms. The number of thioether (sulfide) groups is 1. The van der Waals surface area contributed by atoms with Crippen molar-refractivity contribution in [2.75, 3.05) is 24.2 Å². The van der Waals surface area contributed by atoms with Gasteiger partial charge in [0.15, 0.2) is 0 Å². The maximum atomic E-state index is 14.1. The number of aromatic nitrogens is 2. The van der Waals surface area contributed by atoms with Gasteiger partial charge in [0.2, 0.25) is 5.95 Å². The van der Waals surface area contributed by atoms with E-state index in [2.05, 4.69) is 15.3 Å². The second-order valence-electron chi connectivity index (χ2n) is 5.62. The summed E-state index contributed by atoms with van der Waals surface area (Å²) in [6.45, 7) is 1.48. The molecule has 126 valence electrons. The highest BCUT2D eigenvalue weighted by atomic mass is 32.2. The van der Waals surface area contributed by atoms with Gasteiger partial charge in [-0.15, -0.1) is 11.8 Å². The van der Waals surface area contributed by atoms with Gasteiger partial charge in [0.05, 0.1) is 5.56 Å². The molecule has 1 aromatic heterocycles. The Morgan fingerprint density at radius 2 is 2.12 bits per heavy atom. The number of nitrogens with one attached hydrogen (secondary N) is 1. The predicted octanol–water partition coefficient (Wildman–Crippen LogP) is 2.74. The summed E-state index contributed by atoms with van der Waals surface area (Å²) in [5.74, 6) is -0.191. The molecule has 1 N–H and O–H groups in total. The van der Waals surface area contributed by atoms with E-state index in [-0.39, 0.29) is 17.5 Å².